The molecule has 1 aromatic carbocycles. The lowest BCUT2D eigenvalue weighted by atomic mass is 10.2. The van der Waals surface area contributed by atoms with Gasteiger partial charge in [0.2, 0.25) is 5.89 Å². The van der Waals surface area contributed by atoms with Crippen LogP contribution in [-0.4, -0.2) is 16.7 Å². The van der Waals surface area contributed by atoms with Gasteiger partial charge in [0.05, 0.1) is 10.9 Å². The molecule has 3 rings (SSSR count). The van der Waals surface area contributed by atoms with E-state index in [4.69, 9.17) is 4.42 Å². The van der Waals surface area contributed by atoms with E-state index in [-0.39, 0.29) is 6.04 Å². The minimum absolute atomic E-state index is 0.0885. The van der Waals surface area contributed by atoms with E-state index < -0.39 is 0 Å². The molecule has 1 atom stereocenters. The standard InChI is InChI=1S/C15H17N3OS/c1-3-8-16-10(2)14-17-18-15(19-14)13-9-11-6-4-5-7-12(11)20-13/h4-7,9-10,16H,3,8H2,1-2H3. The molecule has 2 aromatic heterocycles. The van der Waals surface area contributed by atoms with Gasteiger partial charge in [0.15, 0.2) is 0 Å². The zero-order chi connectivity index (χ0) is 13.9. The van der Waals surface area contributed by atoms with Gasteiger partial charge >= 0.3 is 0 Å². The Morgan fingerprint density at radius 1 is 1.30 bits per heavy atom. The van der Waals surface area contributed by atoms with E-state index in [1.807, 2.05) is 19.1 Å². The molecule has 20 heavy (non-hydrogen) atoms. The van der Waals surface area contributed by atoms with E-state index in [9.17, 15) is 0 Å². The van der Waals surface area contributed by atoms with Crippen LogP contribution < -0.4 is 5.32 Å². The largest absolute Gasteiger partial charge is 0.418 e. The van der Waals surface area contributed by atoms with E-state index in [2.05, 4.69) is 40.6 Å². The number of benzene rings is 1. The molecule has 0 fully saturated rings. The lowest BCUT2D eigenvalue weighted by molar-refractivity contribution is 0.423. The summed E-state index contributed by atoms with van der Waals surface area (Å²) in [6, 6.07) is 10.5. The summed E-state index contributed by atoms with van der Waals surface area (Å²) >= 11 is 1.68. The Balaban J connectivity index is 1.85. The Hall–Kier alpha value is -1.72. The number of nitrogens with one attached hydrogen (secondary N) is 1. The average Bonchev–Trinajstić information content (AvgIpc) is 3.10. The SMILES string of the molecule is CCCNC(C)c1nnc(-c2cc3ccccc3s2)o1. The normalized spacial score (nSPS) is 12.9. The Morgan fingerprint density at radius 2 is 2.15 bits per heavy atom. The highest BCUT2D eigenvalue weighted by Gasteiger charge is 2.15. The molecule has 5 heteroatoms. The molecular formula is C15H17N3OS. The van der Waals surface area contributed by atoms with Crippen LogP contribution in [0.2, 0.25) is 0 Å². The molecule has 0 saturated carbocycles. The van der Waals surface area contributed by atoms with Gasteiger partial charge in [-0.25, -0.2) is 0 Å². The quantitative estimate of drug-likeness (QED) is 0.770. The van der Waals surface area contributed by atoms with E-state index >= 15 is 0 Å². The fraction of sp³-hybridized carbons (Fsp3) is 0.333. The monoisotopic (exact) mass is 287 g/mol. The summed E-state index contributed by atoms with van der Waals surface area (Å²) in [5.74, 6) is 1.25. The molecule has 1 N–H and O–H groups in total. The second-order valence-corrected chi connectivity index (χ2v) is 5.85. The second kappa shape index (κ2) is 5.73. The molecule has 0 radical (unpaired) electrons. The summed E-state index contributed by atoms with van der Waals surface area (Å²) < 4.78 is 7.02. The number of hydrogen-bond acceptors (Lipinski definition) is 5. The molecule has 0 aliphatic rings. The van der Waals surface area contributed by atoms with Gasteiger partial charge in [-0.1, -0.05) is 25.1 Å². The molecule has 2 heterocycles. The Kier molecular flexibility index (Phi) is 3.80. The van der Waals surface area contributed by atoms with Crippen molar-refractivity contribution in [1.29, 1.82) is 0 Å². The maximum atomic E-state index is 5.78. The van der Waals surface area contributed by atoms with Crippen molar-refractivity contribution < 1.29 is 4.42 Å². The lowest BCUT2D eigenvalue weighted by Crippen LogP contribution is -2.19. The number of nitrogens with zero attached hydrogens (tertiary/aromatic N) is 2. The lowest BCUT2D eigenvalue weighted by Gasteiger charge is -2.07. The van der Waals surface area contributed by atoms with Crippen LogP contribution in [0.15, 0.2) is 34.7 Å². The molecule has 1 unspecified atom stereocenters. The van der Waals surface area contributed by atoms with Crippen LogP contribution in [-0.2, 0) is 0 Å². The number of thiophene rings is 1. The average molecular weight is 287 g/mol. The number of aromatic nitrogens is 2. The van der Waals surface area contributed by atoms with Crippen molar-refractivity contribution in [3.05, 3.63) is 36.2 Å². The van der Waals surface area contributed by atoms with Crippen molar-refractivity contribution in [2.24, 2.45) is 0 Å². The predicted octanol–water partition coefficient (Wildman–Crippen LogP) is 4.01. The van der Waals surface area contributed by atoms with Gasteiger partial charge in [-0.3, -0.25) is 0 Å². The second-order valence-electron chi connectivity index (χ2n) is 4.77. The van der Waals surface area contributed by atoms with Crippen molar-refractivity contribution in [1.82, 2.24) is 15.5 Å². The number of rotatable bonds is 5. The molecule has 3 aromatic rings. The molecule has 104 valence electrons. The van der Waals surface area contributed by atoms with Crippen LogP contribution in [0.1, 0.15) is 32.2 Å². The van der Waals surface area contributed by atoms with Crippen LogP contribution in [0.5, 0.6) is 0 Å². The minimum Gasteiger partial charge on any atom is -0.418 e. The molecular weight excluding hydrogens is 270 g/mol. The van der Waals surface area contributed by atoms with Crippen molar-refractivity contribution >= 4 is 21.4 Å². The molecule has 0 bridgehead atoms. The zero-order valence-electron chi connectivity index (χ0n) is 11.6. The van der Waals surface area contributed by atoms with Crippen LogP contribution in [0, 0.1) is 0 Å². The summed E-state index contributed by atoms with van der Waals surface area (Å²) in [5, 5.41) is 12.9. The number of fused-ring (bicyclic) bond motifs is 1. The first-order valence-electron chi connectivity index (χ1n) is 6.83. The van der Waals surface area contributed by atoms with Gasteiger partial charge in [-0.2, -0.15) is 0 Å². The van der Waals surface area contributed by atoms with Crippen LogP contribution in [0.4, 0.5) is 0 Å². The predicted molar refractivity (Wildman–Crippen MR) is 81.8 cm³/mol. The van der Waals surface area contributed by atoms with Crippen molar-refractivity contribution in [3.8, 4) is 10.8 Å². The van der Waals surface area contributed by atoms with Crippen LogP contribution >= 0.6 is 11.3 Å². The van der Waals surface area contributed by atoms with E-state index in [1.165, 1.54) is 10.1 Å². The third-order valence-electron chi connectivity index (χ3n) is 3.15. The van der Waals surface area contributed by atoms with Gasteiger partial charge in [0.25, 0.3) is 5.89 Å². The third-order valence-corrected chi connectivity index (χ3v) is 4.25. The zero-order valence-corrected chi connectivity index (χ0v) is 12.4. The molecule has 0 spiro atoms. The van der Waals surface area contributed by atoms with Crippen molar-refractivity contribution in [2.45, 2.75) is 26.3 Å². The fourth-order valence-electron chi connectivity index (χ4n) is 2.04. The summed E-state index contributed by atoms with van der Waals surface area (Å²) in [4.78, 5) is 1.02. The highest BCUT2D eigenvalue weighted by molar-refractivity contribution is 7.22. The molecule has 0 amide bonds. The Labute approximate surface area is 121 Å². The maximum absolute atomic E-state index is 5.78. The summed E-state index contributed by atoms with van der Waals surface area (Å²) in [5.41, 5.74) is 0. The Morgan fingerprint density at radius 3 is 2.95 bits per heavy atom. The van der Waals surface area contributed by atoms with Crippen molar-refractivity contribution in [2.75, 3.05) is 6.54 Å². The third kappa shape index (κ3) is 2.59. The molecule has 0 aliphatic carbocycles. The summed E-state index contributed by atoms with van der Waals surface area (Å²) in [6.45, 7) is 5.12. The van der Waals surface area contributed by atoms with Crippen LogP contribution in [0.3, 0.4) is 0 Å². The van der Waals surface area contributed by atoms with Crippen LogP contribution in [0.25, 0.3) is 20.9 Å². The fourth-order valence-corrected chi connectivity index (χ4v) is 3.03. The molecule has 0 saturated heterocycles. The van der Waals surface area contributed by atoms with E-state index in [0.717, 1.165) is 17.8 Å². The highest BCUT2D eigenvalue weighted by atomic mass is 32.1. The van der Waals surface area contributed by atoms with E-state index in [1.54, 1.807) is 11.3 Å². The topological polar surface area (TPSA) is 51.0 Å². The summed E-state index contributed by atoms with van der Waals surface area (Å²) in [7, 11) is 0. The van der Waals surface area contributed by atoms with Gasteiger partial charge in [-0.15, -0.1) is 21.5 Å². The van der Waals surface area contributed by atoms with Gasteiger partial charge in [0, 0.05) is 4.70 Å². The smallest absolute Gasteiger partial charge is 0.257 e. The highest BCUT2D eigenvalue weighted by Crippen LogP contribution is 2.33. The first kappa shape index (κ1) is 13.3. The van der Waals surface area contributed by atoms with Gasteiger partial charge < -0.3 is 9.73 Å². The van der Waals surface area contributed by atoms with Crippen molar-refractivity contribution in [3.63, 3.8) is 0 Å². The molecule has 4 nitrogen and oxygen atoms in total. The minimum atomic E-state index is 0.0885. The van der Waals surface area contributed by atoms with Gasteiger partial charge in [-0.05, 0) is 37.4 Å². The number of hydrogen-bond donors (Lipinski definition) is 1. The van der Waals surface area contributed by atoms with Gasteiger partial charge in [0.1, 0.15) is 0 Å². The summed E-state index contributed by atoms with van der Waals surface area (Å²) in [6.07, 6.45) is 1.08. The first-order valence-corrected chi connectivity index (χ1v) is 7.65. The first-order chi connectivity index (χ1) is 9.78. The Bertz CT molecular complexity index is 671. The maximum Gasteiger partial charge on any atom is 0.257 e. The molecule has 0 aliphatic heterocycles. The van der Waals surface area contributed by atoms with E-state index in [0.29, 0.717) is 11.8 Å².